The lowest BCUT2D eigenvalue weighted by Crippen LogP contribution is -2.37. The van der Waals surface area contributed by atoms with Crippen LogP contribution in [0.25, 0.3) is 0 Å². The number of likely N-dealkylation sites (N-methyl/N-ethyl adjacent to an activating group) is 1. The quantitative estimate of drug-likeness (QED) is 0.0217. The molecular weight excluding hydrogens is 758 g/mol. The van der Waals surface area contributed by atoms with Crippen molar-refractivity contribution in [3.8, 4) is 0 Å². The topological polar surface area (TPSA) is 91.3 Å². The largest absolute Gasteiger partial charge is 0.472 e. The van der Waals surface area contributed by atoms with Crippen LogP contribution in [0, 0.1) is 0 Å². The summed E-state index contributed by atoms with van der Waals surface area (Å²) in [5.74, 6) is -0.363. The van der Waals surface area contributed by atoms with Crippen molar-refractivity contribution in [3.05, 3.63) is 122 Å². The number of ether oxygens (including phenoxy) is 2. The van der Waals surface area contributed by atoms with E-state index in [0.29, 0.717) is 17.6 Å². The zero-order chi connectivity index (χ0) is 43.4. The second-order valence-corrected chi connectivity index (χ2v) is 16.8. The number of quaternary nitrogens is 1. The van der Waals surface area contributed by atoms with Crippen molar-refractivity contribution in [2.75, 3.05) is 54.1 Å². The van der Waals surface area contributed by atoms with Gasteiger partial charge in [-0.1, -0.05) is 148 Å². The Kier molecular flexibility index (Phi) is 39.4. The summed E-state index contributed by atoms with van der Waals surface area (Å²) in [6, 6.07) is 0. The molecule has 0 rings (SSSR count). The van der Waals surface area contributed by atoms with Gasteiger partial charge in [-0.2, -0.15) is 0 Å². The van der Waals surface area contributed by atoms with E-state index >= 15 is 0 Å². The van der Waals surface area contributed by atoms with E-state index in [4.69, 9.17) is 18.5 Å². The number of rotatable bonds is 39. The molecule has 0 saturated carbocycles. The summed E-state index contributed by atoms with van der Waals surface area (Å²) < 4.78 is 34.9. The van der Waals surface area contributed by atoms with Gasteiger partial charge < -0.3 is 18.9 Å². The first-order chi connectivity index (χ1) is 28.6. The van der Waals surface area contributed by atoms with Crippen molar-refractivity contribution in [1.82, 2.24) is 0 Å². The smallest absolute Gasteiger partial charge is 0.457 e. The van der Waals surface area contributed by atoms with Gasteiger partial charge in [0.05, 0.1) is 34.4 Å². The van der Waals surface area contributed by atoms with Crippen LogP contribution in [0.15, 0.2) is 122 Å². The lowest BCUT2D eigenvalue weighted by atomic mass is 10.1. The van der Waals surface area contributed by atoms with Gasteiger partial charge in [0, 0.05) is 13.0 Å². The SMILES string of the molecule is CC/C=C\C/C=C\C/C=C\C/C=C\C/C=C\C/C=C\CCCCCCC(=O)OC(COCCC/C=C\C/C=C\C/C=C\C/C=C\CC)COP(=O)(O)OCC[N+](C)(C)C. The van der Waals surface area contributed by atoms with Gasteiger partial charge in [0.1, 0.15) is 19.3 Å². The number of phosphoric ester groups is 1. The van der Waals surface area contributed by atoms with Gasteiger partial charge in [-0.15, -0.1) is 0 Å². The van der Waals surface area contributed by atoms with Crippen LogP contribution in [0.2, 0.25) is 0 Å². The number of hydrogen-bond acceptors (Lipinski definition) is 6. The lowest BCUT2D eigenvalue weighted by Gasteiger charge is -2.24. The van der Waals surface area contributed by atoms with Gasteiger partial charge in [-0.05, 0) is 96.3 Å². The Morgan fingerprint density at radius 2 is 0.932 bits per heavy atom. The summed E-state index contributed by atoms with van der Waals surface area (Å²) in [4.78, 5) is 22.9. The molecule has 0 saturated heterocycles. The van der Waals surface area contributed by atoms with Crippen molar-refractivity contribution >= 4 is 13.8 Å². The summed E-state index contributed by atoms with van der Waals surface area (Å²) in [6.07, 6.45) is 59.7. The number of hydrogen-bond donors (Lipinski definition) is 1. The maximum absolute atomic E-state index is 12.7. The molecule has 0 heterocycles. The number of allylic oxidation sites excluding steroid dienone is 20. The highest BCUT2D eigenvalue weighted by molar-refractivity contribution is 7.47. The number of phosphoric acid groups is 1. The van der Waals surface area contributed by atoms with Crippen molar-refractivity contribution in [2.45, 2.75) is 136 Å². The Labute approximate surface area is 361 Å². The number of esters is 1. The highest BCUT2D eigenvalue weighted by atomic mass is 31.2. The van der Waals surface area contributed by atoms with Crippen molar-refractivity contribution in [3.63, 3.8) is 0 Å². The molecule has 0 radical (unpaired) electrons. The molecule has 0 bridgehead atoms. The first-order valence-corrected chi connectivity index (χ1v) is 23.8. The molecule has 1 N–H and O–H groups in total. The Morgan fingerprint density at radius 1 is 0.525 bits per heavy atom. The molecule has 8 nitrogen and oxygen atoms in total. The molecule has 2 atom stereocenters. The molecule has 59 heavy (non-hydrogen) atoms. The summed E-state index contributed by atoms with van der Waals surface area (Å²) >= 11 is 0. The van der Waals surface area contributed by atoms with Crippen LogP contribution in [0.4, 0.5) is 0 Å². The van der Waals surface area contributed by atoms with Crippen LogP contribution in [0.5, 0.6) is 0 Å². The zero-order valence-corrected chi connectivity index (χ0v) is 38.6. The second-order valence-electron chi connectivity index (χ2n) is 15.3. The minimum Gasteiger partial charge on any atom is -0.457 e. The molecule has 0 amide bonds. The fourth-order valence-electron chi connectivity index (χ4n) is 5.15. The minimum atomic E-state index is -4.31. The number of carbonyl (C=O) groups is 1. The van der Waals surface area contributed by atoms with Crippen molar-refractivity contribution in [1.29, 1.82) is 0 Å². The number of unbranched alkanes of at least 4 members (excludes halogenated alkanes) is 5. The van der Waals surface area contributed by atoms with Crippen LogP contribution >= 0.6 is 7.82 Å². The van der Waals surface area contributed by atoms with E-state index in [1.165, 1.54) is 0 Å². The second kappa shape index (κ2) is 41.6. The van der Waals surface area contributed by atoms with Crippen molar-refractivity contribution < 1.29 is 37.3 Å². The Morgan fingerprint density at radius 3 is 1.37 bits per heavy atom. The molecule has 0 aliphatic heterocycles. The Balaban J connectivity index is 4.38. The summed E-state index contributed by atoms with van der Waals surface area (Å²) in [5, 5.41) is 0. The van der Waals surface area contributed by atoms with Crippen LogP contribution in [0.3, 0.4) is 0 Å². The van der Waals surface area contributed by atoms with Gasteiger partial charge in [0.25, 0.3) is 0 Å². The van der Waals surface area contributed by atoms with Gasteiger partial charge in [0.15, 0.2) is 0 Å². The van der Waals surface area contributed by atoms with Crippen LogP contribution in [-0.4, -0.2) is 75.6 Å². The summed E-state index contributed by atoms with van der Waals surface area (Å²) in [5.41, 5.74) is 0. The molecular formula is C50H83NO7P+. The predicted molar refractivity (Wildman–Crippen MR) is 251 cm³/mol. The predicted octanol–water partition coefficient (Wildman–Crippen LogP) is 13.4. The van der Waals surface area contributed by atoms with E-state index in [2.05, 4.69) is 135 Å². The van der Waals surface area contributed by atoms with Gasteiger partial charge in [0.2, 0.25) is 0 Å². The van der Waals surface area contributed by atoms with Gasteiger partial charge >= 0.3 is 13.8 Å². The number of nitrogens with zero attached hydrogens (tertiary/aromatic N) is 1. The number of carbonyl (C=O) groups excluding carboxylic acids is 1. The molecule has 0 aromatic rings. The highest BCUT2D eigenvalue weighted by Crippen LogP contribution is 2.43. The molecule has 0 aliphatic carbocycles. The summed E-state index contributed by atoms with van der Waals surface area (Å²) in [7, 11) is 1.59. The molecule has 0 aromatic heterocycles. The van der Waals surface area contributed by atoms with E-state index in [1.54, 1.807) is 0 Å². The summed E-state index contributed by atoms with van der Waals surface area (Å²) in [6.45, 7) is 5.15. The average molecular weight is 841 g/mol. The average Bonchev–Trinajstić information content (AvgIpc) is 3.19. The molecule has 334 valence electrons. The fourth-order valence-corrected chi connectivity index (χ4v) is 5.89. The Bertz CT molecular complexity index is 1350. The first-order valence-electron chi connectivity index (χ1n) is 22.3. The molecule has 2 unspecified atom stereocenters. The van der Waals surface area contributed by atoms with Crippen molar-refractivity contribution in [2.24, 2.45) is 0 Å². The maximum Gasteiger partial charge on any atom is 0.472 e. The van der Waals surface area contributed by atoms with Crippen LogP contribution in [-0.2, 0) is 27.9 Å². The van der Waals surface area contributed by atoms with Gasteiger partial charge in [-0.3, -0.25) is 13.8 Å². The highest BCUT2D eigenvalue weighted by Gasteiger charge is 2.26. The van der Waals surface area contributed by atoms with E-state index in [-0.39, 0.29) is 32.2 Å². The third-order valence-electron chi connectivity index (χ3n) is 8.52. The van der Waals surface area contributed by atoms with E-state index < -0.39 is 13.9 Å². The lowest BCUT2D eigenvalue weighted by molar-refractivity contribution is -0.870. The van der Waals surface area contributed by atoms with E-state index in [0.717, 1.165) is 109 Å². The fraction of sp³-hybridized carbons (Fsp3) is 0.580. The van der Waals surface area contributed by atoms with Gasteiger partial charge in [-0.25, -0.2) is 4.57 Å². The molecule has 0 spiro atoms. The molecule has 0 fully saturated rings. The molecule has 9 heteroatoms. The third kappa shape index (κ3) is 45.8. The third-order valence-corrected chi connectivity index (χ3v) is 9.50. The van der Waals surface area contributed by atoms with E-state index in [9.17, 15) is 14.3 Å². The Hall–Kier alpha value is -3.10. The molecule has 0 aliphatic rings. The molecule has 0 aromatic carbocycles. The van der Waals surface area contributed by atoms with Crippen LogP contribution < -0.4 is 0 Å². The maximum atomic E-state index is 12.7. The van der Waals surface area contributed by atoms with E-state index in [1.807, 2.05) is 21.1 Å². The zero-order valence-electron chi connectivity index (χ0n) is 37.7. The standard InChI is InChI=1S/C50H82NO7P/c1-6-8-10-12-14-16-18-20-22-23-24-25-26-27-28-29-30-31-33-35-37-39-41-43-50(52)58-49(48-57-59(53,54)56-46-44-51(3,4)5)47-55-45-42-40-38-36-34-32-21-19-17-15-13-11-9-7-2/h8-11,14-17,20-22,24-25,27-28,30-32,36,38,49H,6-7,12-13,18-19,23,26,29,33-35,37,39-48H2,1-5H3/p+1/b10-8-,11-9-,16-14-,17-15-,22-20-,25-24-,28-27-,31-30-,32-21-,38-36-. The monoisotopic (exact) mass is 841 g/mol. The normalized spacial score (nSPS) is 14.9. The first kappa shape index (κ1) is 55.9. The minimum absolute atomic E-state index is 0.0651. The van der Waals surface area contributed by atoms with Crippen LogP contribution in [0.1, 0.15) is 129 Å².